The molecular weight excluding hydrogens is 248 g/mol. The minimum atomic E-state index is -4.06. The van der Waals surface area contributed by atoms with E-state index in [0.717, 1.165) is 5.75 Å². The van der Waals surface area contributed by atoms with Gasteiger partial charge in [0.25, 0.3) is 0 Å². The summed E-state index contributed by atoms with van der Waals surface area (Å²) >= 11 is 1.96. The molecule has 0 saturated carbocycles. The maximum Gasteiger partial charge on any atom is 0.149 e. The molecule has 0 N–H and O–H groups in total. The Kier molecular flexibility index (Phi) is 5.32. The zero-order valence-corrected chi connectivity index (χ0v) is 10.4. The fourth-order valence-corrected chi connectivity index (χ4v) is 7.30. The molecule has 0 atom stereocenters. The van der Waals surface area contributed by atoms with Crippen LogP contribution in [0.5, 0.6) is 0 Å². The number of thioether (sulfide) groups is 1. The lowest BCUT2D eigenvalue weighted by Crippen LogP contribution is -2.25. The van der Waals surface area contributed by atoms with Crippen molar-refractivity contribution in [2.24, 2.45) is 0 Å². The van der Waals surface area contributed by atoms with Crippen molar-refractivity contribution in [3.8, 4) is 0 Å². The highest BCUT2D eigenvalue weighted by Crippen LogP contribution is 2.16. The molecule has 0 bridgehead atoms. The number of hydrogen-bond acceptors (Lipinski definition) is 5. The van der Waals surface area contributed by atoms with E-state index in [1.165, 1.54) is 23.0 Å². The fourth-order valence-electron chi connectivity index (χ4n) is 1.02. The number of hydrogen-bond donors (Lipinski definition) is 0. The lowest BCUT2D eigenvalue weighted by atomic mass is 10.9. The molecule has 1 rings (SSSR count). The van der Waals surface area contributed by atoms with Gasteiger partial charge in [0.15, 0.2) is 0 Å². The predicted octanol–water partition coefficient (Wildman–Crippen LogP) is 0.545. The van der Waals surface area contributed by atoms with Crippen LogP contribution in [-0.2, 0) is 20.0 Å². The van der Waals surface area contributed by atoms with Gasteiger partial charge in [0.1, 0.15) is 26.4 Å². The molecule has 0 radical (unpaired) electrons. The molecule has 13 heavy (non-hydrogen) atoms. The van der Waals surface area contributed by atoms with Crippen molar-refractivity contribution >= 4 is 42.6 Å². The zero-order chi connectivity index (χ0) is 9.73. The molecule has 3 nitrogen and oxygen atoms in total. The molecule has 0 aromatic rings. The van der Waals surface area contributed by atoms with Gasteiger partial charge in [0, 0.05) is 11.5 Å². The van der Waals surface area contributed by atoms with Gasteiger partial charge in [0.2, 0.25) is 0 Å². The predicted molar refractivity (Wildman–Crippen MR) is 61.4 cm³/mol. The highest BCUT2D eigenvalue weighted by Gasteiger charge is 2.21. The van der Waals surface area contributed by atoms with Gasteiger partial charge in [-0.15, -0.1) is 0 Å². The van der Waals surface area contributed by atoms with Crippen molar-refractivity contribution < 1.29 is 13.0 Å². The van der Waals surface area contributed by atoms with Crippen LogP contribution in [0.2, 0.25) is 0 Å². The van der Waals surface area contributed by atoms with Crippen LogP contribution in [0.15, 0.2) is 0 Å². The monoisotopic (exact) mass is 260 g/mol. The zero-order valence-electron chi connectivity index (χ0n) is 7.10. The van der Waals surface area contributed by atoms with Crippen LogP contribution in [0.3, 0.4) is 0 Å². The highest BCUT2D eigenvalue weighted by atomic mass is 33.1. The summed E-state index contributed by atoms with van der Waals surface area (Å²) in [5.74, 6) is 6.15. The molecule has 0 aromatic heterocycles. The lowest BCUT2D eigenvalue weighted by Gasteiger charge is -2.13. The largest absolute Gasteiger partial charge is 0.739 e. The van der Waals surface area contributed by atoms with E-state index >= 15 is 0 Å². The van der Waals surface area contributed by atoms with Crippen molar-refractivity contribution in [3.05, 3.63) is 0 Å². The quantitative estimate of drug-likeness (QED) is 0.420. The van der Waals surface area contributed by atoms with Crippen molar-refractivity contribution in [2.45, 2.75) is 0 Å². The standard InChI is InChI=1S/C6H12O3S4/c7-13(8,9)11-3-6-12-4-1-10-2-5-12/h1-6H2. The Morgan fingerprint density at radius 2 is 2.00 bits per heavy atom. The maximum atomic E-state index is 10.3. The fraction of sp³-hybridized carbons (Fsp3) is 1.00. The minimum absolute atomic E-state index is 0.376. The second-order valence-electron chi connectivity index (χ2n) is 2.57. The summed E-state index contributed by atoms with van der Waals surface area (Å²) in [6.45, 7) is 0. The van der Waals surface area contributed by atoms with Crippen molar-refractivity contribution in [2.75, 3.05) is 34.5 Å². The number of rotatable bonds is 4. The molecule has 0 aliphatic carbocycles. The third-order valence-electron chi connectivity index (χ3n) is 1.63. The van der Waals surface area contributed by atoms with Crippen molar-refractivity contribution in [1.29, 1.82) is 0 Å². The Balaban J connectivity index is 2.11. The van der Waals surface area contributed by atoms with Gasteiger partial charge in [-0.05, 0) is 21.7 Å². The second-order valence-corrected chi connectivity index (χ2v) is 9.63. The summed E-state index contributed by atoms with van der Waals surface area (Å²) in [7, 11) is -3.14. The summed E-state index contributed by atoms with van der Waals surface area (Å²) in [5.41, 5.74) is 0. The molecule has 0 unspecified atom stereocenters. The van der Waals surface area contributed by atoms with Crippen LogP contribution in [0, 0.1) is 0 Å². The second kappa shape index (κ2) is 5.75. The van der Waals surface area contributed by atoms with Gasteiger partial charge in [-0.1, -0.05) is 0 Å². The smallest absolute Gasteiger partial charge is 0.149 e. The van der Waals surface area contributed by atoms with Crippen LogP contribution in [0.25, 0.3) is 0 Å². The average molecular weight is 260 g/mol. The van der Waals surface area contributed by atoms with Gasteiger partial charge in [-0.2, -0.15) is 11.8 Å². The first-order valence-electron chi connectivity index (χ1n) is 3.90. The van der Waals surface area contributed by atoms with Crippen LogP contribution in [0.4, 0.5) is 0 Å². The summed E-state index contributed by atoms with van der Waals surface area (Å²) in [4.78, 5) is 0. The minimum Gasteiger partial charge on any atom is -0.739 e. The van der Waals surface area contributed by atoms with Gasteiger partial charge < -0.3 is 4.55 Å². The van der Waals surface area contributed by atoms with Crippen molar-refractivity contribution in [3.63, 3.8) is 0 Å². The SMILES string of the molecule is O=S(=O)([O-])SCC[S+]1CCSCC1. The van der Waals surface area contributed by atoms with E-state index < -0.39 is 9.15 Å². The molecule has 1 saturated heterocycles. The Morgan fingerprint density at radius 1 is 1.38 bits per heavy atom. The van der Waals surface area contributed by atoms with Gasteiger partial charge >= 0.3 is 0 Å². The molecule has 7 heteroatoms. The van der Waals surface area contributed by atoms with Gasteiger partial charge in [0.05, 0.1) is 5.75 Å². The molecule has 1 heterocycles. The van der Waals surface area contributed by atoms with Crippen LogP contribution in [-0.4, -0.2) is 47.5 Å². The topological polar surface area (TPSA) is 57.2 Å². The summed E-state index contributed by atoms with van der Waals surface area (Å²) in [6, 6.07) is 0. The van der Waals surface area contributed by atoms with E-state index in [1.807, 2.05) is 11.8 Å². The maximum absolute atomic E-state index is 10.3. The molecule has 0 spiro atoms. The Hall–Kier alpha value is 0.960. The van der Waals surface area contributed by atoms with E-state index in [9.17, 15) is 13.0 Å². The van der Waals surface area contributed by atoms with Gasteiger partial charge in [-0.3, -0.25) is 0 Å². The summed E-state index contributed by atoms with van der Waals surface area (Å²) in [6.07, 6.45) is 0. The molecule has 0 amide bonds. The Morgan fingerprint density at radius 3 is 2.54 bits per heavy atom. The highest BCUT2D eigenvalue weighted by molar-refractivity contribution is 8.69. The normalized spacial score (nSPS) is 20.4. The third kappa shape index (κ3) is 6.11. The molecule has 78 valence electrons. The summed E-state index contributed by atoms with van der Waals surface area (Å²) < 4.78 is 30.8. The molecular formula is C6H12O3S4. The van der Waals surface area contributed by atoms with Crippen molar-refractivity contribution in [1.82, 2.24) is 0 Å². The Labute approximate surface area is 89.9 Å². The molecule has 1 aliphatic rings. The average Bonchev–Trinajstić information content (AvgIpc) is 2.04. The molecule has 0 aromatic carbocycles. The van der Waals surface area contributed by atoms with Crippen LogP contribution < -0.4 is 0 Å². The van der Waals surface area contributed by atoms with E-state index in [2.05, 4.69) is 0 Å². The van der Waals surface area contributed by atoms with Gasteiger partial charge in [-0.25, -0.2) is 8.42 Å². The first-order chi connectivity index (χ1) is 6.08. The van der Waals surface area contributed by atoms with Crippen LogP contribution >= 0.6 is 22.6 Å². The molecule has 1 fully saturated rings. The van der Waals surface area contributed by atoms with E-state index in [4.69, 9.17) is 0 Å². The van der Waals surface area contributed by atoms with Crippen LogP contribution in [0.1, 0.15) is 0 Å². The van der Waals surface area contributed by atoms with E-state index in [1.54, 1.807) is 0 Å². The third-order valence-corrected chi connectivity index (χ3v) is 7.76. The first-order valence-corrected chi connectivity index (χ1v) is 9.70. The Bertz CT molecular complexity index is 232. The lowest BCUT2D eigenvalue weighted by molar-refractivity contribution is 0.482. The van der Waals surface area contributed by atoms with E-state index in [-0.39, 0.29) is 0 Å². The first kappa shape index (κ1) is 12.0. The molecule has 1 aliphatic heterocycles. The van der Waals surface area contributed by atoms with E-state index in [0.29, 0.717) is 27.4 Å². The summed E-state index contributed by atoms with van der Waals surface area (Å²) in [5, 5.41) is 0.